The van der Waals surface area contributed by atoms with E-state index in [1.807, 2.05) is 0 Å². The van der Waals surface area contributed by atoms with Crippen molar-refractivity contribution in [3.05, 3.63) is 0 Å². The first-order valence-corrected chi connectivity index (χ1v) is 11.4. The monoisotopic (exact) mass is 419 g/mol. The molecule has 0 rings (SSSR count). The van der Waals surface area contributed by atoms with Crippen LogP contribution in [0.5, 0.6) is 0 Å². The number of halogens is 1. The lowest BCUT2D eigenvalue weighted by molar-refractivity contribution is -0.870. The van der Waals surface area contributed by atoms with Crippen molar-refractivity contribution >= 4 is 0 Å². The summed E-state index contributed by atoms with van der Waals surface area (Å²) < 4.78 is 1.12. The van der Waals surface area contributed by atoms with Crippen LogP contribution in [0.15, 0.2) is 0 Å². The lowest BCUT2D eigenvalue weighted by Gasteiger charge is -2.23. The number of hydrogen-bond donors (Lipinski definition) is 0. The molecule has 0 aliphatic carbocycles. The van der Waals surface area contributed by atoms with Crippen molar-refractivity contribution in [2.75, 3.05) is 27.7 Å². The van der Waals surface area contributed by atoms with Gasteiger partial charge in [-0.25, -0.2) is 0 Å². The predicted octanol–water partition coefficient (Wildman–Crippen LogP) is 4.74. The summed E-state index contributed by atoms with van der Waals surface area (Å²) in [6.45, 7) is 3.63. The first kappa shape index (κ1) is 27.7. The van der Waals surface area contributed by atoms with Gasteiger partial charge in [0, 0.05) is 0 Å². The zero-order chi connectivity index (χ0) is 17.9. The minimum Gasteiger partial charge on any atom is -1.00 e. The van der Waals surface area contributed by atoms with Gasteiger partial charge in [0.2, 0.25) is 0 Å². The Morgan fingerprint density at radius 3 is 0.880 bits per heavy atom. The molecule has 0 aliphatic heterocycles. The van der Waals surface area contributed by atoms with Crippen molar-refractivity contribution in [2.45, 2.75) is 122 Å². The molecule has 0 heterocycles. The fourth-order valence-corrected chi connectivity index (χ4v) is 3.49. The van der Waals surface area contributed by atoms with Crippen LogP contribution in [0.4, 0.5) is 0 Å². The molecule has 0 bridgehead atoms. The zero-order valence-corrected chi connectivity index (χ0v) is 19.8. The minimum atomic E-state index is 0. The van der Waals surface area contributed by atoms with Gasteiger partial charge in [0.1, 0.15) is 0 Å². The second-order valence-electron chi connectivity index (χ2n) is 9.02. The number of unbranched alkanes of at least 4 members (excludes halogenated alkanes) is 17. The summed E-state index contributed by atoms with van der Waals surface area (Å²) >= 11 is 0. The van der Waals surface area contributed by atoms with Gasteiger partial charge in [-0.2, -0.15) is 0 Å². The molecule has 0 aliphatic rings. The number of hydrogen-bond acceptors (Lipinski definition) is 0. The SMILES string of the molecule is CCCCCCCCCCCCCCCCCCCC[N+](C)(C)C.[Br-]. The van der Waals surface area contributed by atoms with Gasteiger partial charge in [0.25, 0.3) is 0 Å². The summed E-state index contributed by atoms with van der Waals surface area (Å²) in [4.78, 5) is 0. The van der Waals surface area contributed by atoms with Crippen molar-refractivity contribution in [2.24, 2.45) is 0 Å². The van der Waals surface area contributed by atoms with Gasteiger partial charge < -0.3 is 21.5 Å². The van der Waals surface area contributed by atoms with E-state index in [-0.39, 0.29) is 17.0 Å². The van der Waals surface area contributed by atoms with Crippen LogP contribution < -0.4 is 17.0 Å². The molecule has 0 spiro atoms. The summed E-state index contributed by atoms with van der Waals surface area (Å²) in [5, 5.41) is 0. The van der Waals surface area contributed by atoms with E-state index in [1.165, 1.54) is 122 Å². The molecule has 0 aromatic rings. The summed E-state index contributed by atoms with van der Waals surface area (Å²) in [6.07, 6.45) is 26.3. The van der Waals surface area contributed by atoms with Crippen LogP contribution in [0.25, 0.3) is 0 Å². The lowest BCUT2D eigenvalue weighted by atomic mass is 10.0. The summed E-state index contributed by atoms with van der Waals surface area (Å²) in [5.41, 5.74) is 0. The Kier molecular flexibility index (Phi) is 23.0. The Bertz CT molecular complexity index is 235. The molecule has 154 valence electrons. The molecule has 0 amide bonds. The van der Waals surface area contributed by atoms with Crippen LogP contribution in [-0.4, -0.2) is 32.2 Å². The highest BCUT2D eigenvalue weighted by Crippen LogP contribution is 2.14. The average Bonchev–Trinajstić information content (AvgIpc) is 2.52. The molecule has 0 radical (unpaired) electrons. The van der Waals surface area contributed by atoms with Crippen LogP contribution in [0.2, 0.25) is 0 Å². The van der Waals surface area contributed by atoms with Crippen LogP contribution in [0.3, 0.4) is 0 Å². The number of quaternary nitrogens is 1. The van der Waals surface area contributed by atoms with Crippen molar-refractivity contribution < 1.29 is 21.5 Å². The molecule has 0 atom stereocenters. The average molecular weight is 421 g/mol. The predicted molar refractivity (Wildman–Crippen MR) is 112 cm³/mol. The smallest absolute Gasteiger partial charge is 0.0780 e. The molecule has 0 saturated heterocycles. The van der Waals surface area contributed by atoms with Gasteiger partial charge in [-0.3, -0.25) is 0 Å². The highest BCUT2D eigenvalue weighted by atomic mass is 79.9. The van der Waals surface area contributed by atoms with E-state index in [1.54, 1.807) is 0 Å². The zero-order valence-electron chi connectivity index (χ0n) is 18.3. The summed E-state index contributed by atoms with van der Waals surface area (Å²) in [5.74, 6) is 0. The molecule has 0 saturated carbocycles. The molecule has 1 nitrogen and oxygen atoms in total. The number of rotatable bonds is 19. The van der Waals surface area contributed by atoms with Gasteiger partial charge in [-0.1, -0.05) is 110 Å². The number of nitrogens with zero attached hydrogens (tertiary/aromatic N) is 1. The van der Waals surface area contributed by atoms with Gasteiger partial charge in [0.05, 0.1) is 27.7 Å². The Morgan fingerprint density at radius 1 is 0.400 bits per heavy atom. The molecule has 0 unspecified atom stereocenters. The first-order chi connectivity index (χ1) is 11.6. The van der Waals surface area contributed by atoms with Crippen LogP contribution in [-0.2, 0) is 0 Å². The molecule has 2 heteroatoms. The van der Waals surface area contributed by atoms with Gasteiger partial charge >= 0.3 is 0 Å². The van der Waals surface area contributed by atoms with Crippen molar-refractivity contribution in [3.8, 4) is 0 Å². The highest BCUT2D eigenvalue weighted by molar-refractivity contribution is 4.50. The van der Waals surface area contributed by atoms with Crippen molar-refractivity contribution in [1.82, 2.24) is 0 Å². The standard InChI is InChI=1S/C23H50N.BrH/c1-5-6-7-8-9-10-11-12-13-14-15-16-17-18-19-20-21-22-23-24(2,3)4;/h5-23H2,1-4H3;1H/q+1;/p-1. The van der Waals surface area contributed by atoms with Crippen LogP contribution >= 0.6 is 0 Å². The Morgan fingerprint density at radius 2 is 0.640 bits per heavy atom. The van der Waals surface area contributed by atoms with E-state index in [0.717, 1.165) is 4.48 Å². The van der Waals surface area contributed by atoms with E-state index in [0.29, 0.717) is 0 Å². The van der Waals surface area contributed by atoms with Gasteiger partial charge in [-0.15, -0.1) is 0 Å². The maximum absolute atomic E-state index is 2.30. The molecule has 0 N–H and O–H groups in total. The fraction of sp³-hybridized carbons (Fsp3) is 1.00. The maximum atomic E-state index is 2.30. The minimum absolute atomic E-state index is 0. The van der Waals surface area contributed by atoms with Crippen LogP contribution in [0.1, 0.15) is 122 Å². The van der Waals surface area contributed by atoms with E-state index in [9.17, 15) is 0 Å². The Hall–Kier alpha value is 0.440. The van der Waals surface area contributed by atoms with Crippen molar-refractivity contribution in [3.63, 3.8) is 0 Å². The Labute approximate surface area is 171 Å². The molecule has 25 heavy (non-hydrogen) atoms. The largest absolute Gasteiger partial charge is 1.00 e. The van der Waals surface area contributed by atoms with Crippen molar-refractivity contribution in [1.29, 1.82) is 0 Å². The second kappa shape index (κ2) is 20.7. The van der Waals surface area contributed by atoms with E-state index < -0.39 is 0 Å². The Balaban J connectivity index is 0. The normalized spacial score (nSPS) is 11.5. The molecular weight excluding hydrogens is 370 g/mol. The second-order valence-corrected chi connectivity index (χ2v) is 9.02. The highest BCUT2D eigenvalue weighted by Gasteiger charge is 2.04. The topological polar surface area (TPSA) is 0 Å². The van der Waals surface area contributed by atoms with E-state index in [2.05, 4.69) is 28.1 Å². The summed E-state index contributed by atoms with van der Waals surface area (Å²) in [6, 6.07) is 0. The fourth-order valence-electron chi connectivity index (χ4n) is 3.49. The third-order valence-electron chi connectivity index (χ3n) is 5.18. The van der Waals surface area contributed by atoms with E-state index in [4.69, 9.17) is 0 Å². The molecule has 0 aromatic carbocycles. The lowest BCUT2D eigenvalue weighted by Crippen LogP contribution is -3.00. The quantitative estimate of drug-likeness (QED) is 0.209. The van der Waals surface area contributed by atoms with Gasteiger partial charge in [-0.05, 0) is 12.8 Å². The van der Waals surface area contributed by atoms with Gasteiger partial charge in [0.15, 0.2) is 0 Å². The third kappa shape index (κ3) is 26.8. The van der Waals surface area contributed by atoms with E-state index >= 15 is 0 Å². The maximum Gasteiger partial charge on any atom is 0.0780 e. The van der Waals surface area contributed by atoms with Crippen LogP contribution in [0, 0.1) is 0 Å². The molecular formula is C23H50BrN. The molecule has 0 fully saturated rings. The summed E-state index contributed by atoms with van der Waals surface area (Å²) in [7, 11) is 6.90. The first-order valence-electron chi connectivity index (χ1n) is 11.4. The molecule has 0 aromatic heterocycles. The third-order valence-corrected chi connectivity index (χ3v) is 5.18.